The Kier molecular flexibility index (Phi) is 3.63. The van der Waals surface area contributed by atoms with Crippen LogP contribution >= 0.6 is 11.6 Å². The molecule has 1 aromatic rings. The molecule has 0 amide bonds. The number of ether oxygens (including phenoxy) is 1. The summed E-state index contributed by atoms with van der Waals surface area (Å²) in [6.07, 6.45) is 6.29. The normalized spacial score (nSPS) is 26.9. The molecular weight excluding hydrogens is 244 g/mol. The maximum absolute atomic E-state index is 6.32. The highest BCUT2D eigenvalue weighted by Crippen LogP contribution is 2.39. The van der Waals surface area contributed by atoms with Gasteiger partial charge in [-0.25, -0.2) is 0 Å². The number of aryl methyl sites for hydroxylation is 1. The second-order valence-electron chi connectivity index (χ2n) is 5.88. The summed E-state index contributed by atoms with van der Waals surface area (Å²) in [6.45, 7) is 1.73. The molecule has 1 unspecified atom stereocenters. The van der Waals surface area contributed by atoms with E-state index >= 15 is 0 Å². The Bertz CT molecular complexity index is 413. The van der Waals surface area contributed by atoms with Crippen molar-refractivity contribution < 1.29 is 4.74 Å². The first kappa shape index (κ1) is 12.5. The van der Waals surface area contributed by atoms with E-state index in [0.29, 0.717) is 5.88 Å². The summed E-state index contributed by atoms with van der Waals surface area (Å²) in [5, 5.41) is 0. The van der Waals surface area contributed by atoms with Crippen LogP contribution in [0.4, 0.5) is 0 Å². The number of rotatable bonds is 5. The SMILES string of the molecule is ClCC1(COCC2CC2)CCCc2ccccc21. The second kappa shape index (κ2) is 5.22. The topological polar surface area (TPSA) is 9.23 Å². The molecule has 0 radical (unpaired) electrons. The molecule has 0 N–H and O–H groups in total. The van der Waals surface area contributed by atoms with Gasteiger partial charge in [0, 0.05) is 17.9 Å². The number of fused-ring (bicyclic) bond motifs is 1. The summed E-state index contributed by atoms with van der Waals surface area (Å²) in [5.74, 6) is 1.51. The van der Waals surface area contributed by atoms with Gasteiger partial charge in [0.25, 0.3) is 0 Å². The van der Waals surface area contributed by atoms with Crippen LogP contribution in [-0.4, -0.2) is 19.1 Å². The molecule has 2 aliphatic carbocycles. The quantitative estimate of drug-likeness (QED) is 0.733. The Labute approximate surface area is 114 Å². The van der Waals surface area contributed by atoms with E-state index in [4.69, 9.17) is 16.3 Å². The Balaban J connectivity index is 1.77. The van der Waals surface area contributed by atoms with E-state index in [1.165, 1.54) is 36.8 Å². The third-order valence-corrected chi connectivity index (χ3v) is 4.89. The molecule has 0 aromatic heterocycles. The van der Waals surface area contributed by atoms with Crippen molar-refractivity contribution in [1.82, 2.24) is 0 Å². The van der Waals surface area contributed by atoms with E-state index in [1.807, 2.05) is 0 Å². The highest BCUT2D eigenvalue weighted by atomic mass is 35.5. The van der Waals surface area contributed by atoms with Crippen LogP contribution in [0, 0.1) is 5.92 Å². The van der Waals surface area contributed by atoms with Gasteiger partial charge in [0.15, 0.2) is 0 Å². The van der Waals surface area contributed by atoms with Crippen molar-refractivity contribution in [1.29, 1.82) is 0 Å². The van der Waals surface area contributed by atoms with Crippen LogP contribution < -0.4 is 0 Å². The minimum atomic E-state index is 0.0608. The van der Waals surface area contributed by atoms with E-state index in [2.05, 4.69) is 24.3 Å². The van der Waals surface area contributed by atoms with Crippen molar-refractivity contribution in [2.75, 3.05) is 19.1 Å². The molecule has 2 aliphatic rings. The fourth-order valence-corrected chi connectivity index (χ4v) is 3.40. The summed E-state index contributed by atoms with van der Waals surface area (Å²) in [5.41, 5.74) is 2.96. The first-order valence-electron chi connectivity index (χ1n) is 7.06. The van der Waals surface area contributed by atoms with Crippen LogP contribution in [0.3, 0.4) is 0 Å². The van der Waals surface area contributed by atoms with Crippen molar-refractivity contribution in [2.24, 2.45) is 5.92 Å². The highest BCUT2D eigenvalue weighted by molar-refractivity contribution is 6.18. The van der Waals surface area contributed by atoms with Gasteiger partial charge in [0.1, 0.15) is 0 Å². The van der Waals surface area contributed by atoms with E-state index in [0.717, 1.165) is 25.6 Å². The molecule has 0 saturated heterocycles. The van der Waals surface area contributed by atoms with E-state index < -0.39 is 0 Å². The van der Waals surface area contributed by atoms with Crippen molar-refractivity contribution in [2.45, 2.75) is 37.5 Å². The van der Waals surface area contributed by atoms with Gasteiger partial charge in [-0.15, -0.1) is 11.6 Å². The van der Waals surface area contributed by atoms with Gasteiger partial charge in [0.2, 0.25) is 0 Å². The number of benzene rings is 1. The lowest BCUT2D eigenvalue weighted by Crippen LogP contribution is -2.38. The summed E-state index contributed by atoms with van der Waals surface area (Å²) < 4.78 is 5.96. The van der Waals surface area contributed by atoms with E-state index in [9.17, 15) is 0 Å². The minimum absolute atomic E-state index is 0.0608. The molecule has 0 aliphatic heterocycles. The lowest BCUT2D eigenvalue weighted by Gasteiger charge is -2.37. The van der Waals surface area contributed by atoms with Crippen LogP contribution in [0.15, 0.2) is 24.3 Å². The molecule has 1 fully saturated rings. The van der Waals surface area contributed by atoms with Crippen LogP contribution in [-0.2, 0) is 16.6 Å². The van der Waals surface area contributed by atoms with Gasteiger partial charge in [-0.05, 0) is 49.1 Å². The average Bonchev–Trinajstić information content (AvgIpc) is 3.23. The Morgan fingerprint density at radius 3 is 2.89 bits per heavy atom. The van der Waals surface area contributed by atoms with Crippen LogP contribution in [0.25, 0.3) is 0 Å². The number of hydrogen-bond acceptors (Lipinski definition) is 1. The Morgan fingerprint density at radius 1 is 1.28 bits per heavy atom. The predicted molar refractivity (Wildman–Crippen MR) is 75.3 cm³/mol. The number of halogens is 1. The van der Waals surface area contributed by atoms with Crippen LogP contribution in [0.5, 0.6) is 0 Å². The van der Waals surface area contributed by atoms with Crippen molar-refractivity contribution in [3.05, 3.63) is 35.4 Å². The Morgan fingerprint density at radius 2 is 2.11 bits per heavy atom. The van der Waals surface area contributed by atoms with Crippen molar-refractivity contribution >= 4 is 11.6 Å². The molecule has 18 heavy (non-hydrogen) atoms. The zero-order valence-electron chi connectivity index (χ0n) is 10.8. The number of hydrogen-bond donors (Lipinski definition) is 0. The molecule has 3 rings (SSSR count). The van der Waals surface area contributed by atoms with Gasteiger partial charge >= 0.3 is 0 Å². The maximum atomic E-state index is 6.32. The first-order chi connectivity index (χ1) is 8.84. The van der Waals surface area contributed by atoms with Gasteiger partial charge in [-0.1, -0.05) is 24.3 Å². The fraction of sp³-hybridized carbons (Fsp3) is 0.625. The zero-order chi connectivity index (χ0) is 12.4. The van der Waals surface area contributed by atoms with Crippen molar-refractivity contribution in [3.8, 4) is 0 Å². The zero-order valence-corrected chi connectivity index (χ0v) is 11.6. The monoisotopic (exact) mass is 264 g/mol. The third kappa shape index (κ3) is 2.44. The first-order valence-corrected chi connectivity index (χ1v) is 7.60. The standard InChI is InChI=1S/C16H21ClO/c17-11-16(12-18-10-13-7-8-13)9-3-5-14-4-1-2-6-15(14)16/h1-2,4,6,13H,3,5,7-12H2. The number of alkyl halides is 1. The second-order valence-corrected chi connectivity index (χ2v) is 6.15. The van der Waals surface area contributed by atoms with Gasteiger partial charge < -0.3 is 4.74 Å². The summed E-state index contributed by atoms with van der Waals surface area (Å²) >= 11 is 6.32. The molecule has 1 atom stereocenters. The molecule has 0 heterocycles. The maximum Gasteiger partial charge on any atom is 0.0574 e. The molecule has 2 heteroatoms. The van der Waals surface area contributed by atoms with Gasteiger partial charge in [0.05, 0.1) is 6.61 Å². The van der Waals surface area contributed by atoms with Gasteiger partial charge in [-0.3, -0.25) is 0 Å². The molecule has 1 aromatic carbocycles. The lowest BCUT2D eigenvalue weighted by atomic mass is 9.72. The third-order valence-electron chi connectivity index (χ3n) is 4.37. The summed E-state index contributed by atoms with van der Waals surface area (Å²) in [7, 11) is 0. The molecule has 0 spiro atoms. The van der Waals surface area contributed by atoms with Crippen molar-refractivity contribution in [3.63, 3.8) is 0 Å². The predicted octanol–water partition coefficient (Wildman–Crippen LogP) is 3.93. The molecule has 1 saturated carbocycles. The highest BCUT2D eigenvalue weighted by Gasteiger charge is 2.36. The molecule has 98 valence electrons. The van der Waals surface area contributed by atoms with Crippen LogP contribution in [0.1, 0.15) is 36.8 Å². The summed E-state index contributed by atoms with van der Waals surface area (Å²) in [6, 6.07) is 8.76. The summed E-state index contributed by atoms with van der Waals surface area (Å²) in [4.78, 5) is 0. The average molecular weight is 265 g/mol. The molecule has 0 bridgehead atoms. The van der Waals surface area contributed by atoms with E-state index in [-0.39, 0.29) is 5.41 Å². The minimum Gasteiger partial charge on any atom is -0.380 e. The largest absolute Gasteiger partial charge is 0.380 e. The molecule has 1 nitrogen and oxygen atoms in total. The van der Waals surface area contributed by atoms with Crippen LogP contribution in [0.2, 0.25) is 0 Å². The van der Waals surface area contributed by atoms with Gasteiger partial charge in [-0.2, -0.15) is 0 Å². The lowest BCUT2D eigenvalue weighted by molar-refractivity contribution is 0.0753. The Hall–Kier alpha value is -0.530. The smallest absolute Gasteiger partial charge is 0.0574 e. The van der Waals surface area contributed by atoms with E-state index in [1.54, 1.807) is 0 Å². The molecular formula is C16H21ClO. The fourth-order valence-electron chi connectivity index (χ4n) is 3.04.